The highest BCUT2D eigenvalue weighted by molar-refractivity contribution is 6.32. The second-order valence-corrected chi connectivity index (χ2v) is 2.20. The summed E-state index contributed by atoms with van der Waals surface area (Å²) in [4.78, 5) is 22.9. The molecule has 0 aromatic heterocycles. The van der Waals surface area contributed by atoms with E-state index in [9.17, 15) is 9.59 Å². The minimum absolute atomic E-state index is 0.0809. The lowest BCUT2D eigenvalue weighted by atomic mass is 10.4. The lowest BCUT2D eigenvalue weighted by Crippen LogP contribution is -2.38. The van der Waals surface area contributed by atoms with Gasteiger partial charge in [-0.3, -0.25) is 4.79 Å². The van der Waals surface area contributed by atoms with Gasteiger partial charge >= 0.3 is 11.9 Å². The number of hydrogen-bond acceptors (Lipinski definition) is 5. The van der Waals surface area contributed by atoms with E-state index >= 15 is 0 Å². The maximum absolute atomic E-state index is 11.2. The number of ether oxygens (including phenoxy) is 1. The van der Waals surface area contributed by atoms with E-state index in [-0.39, 0.29) is 19.7 Å². The Hall–Kier alpha value is -2.08. The first-order valence-corrected chi connectivity index (χ1v) is 3.87. The fourth-order valence-corrected chi connectivity index (χ4v) is 0.692. The lowest BCUT2D eigenvalue weighted by Gasteiger charge is -2.13. The van der Waals surface area contributed by atoms with E-state index in [2.05, 4.69) is 4.74 Å². The molecule has 0 aliphatic carbocycles. The summed E-state index contributed by atoms with van der Waals surface area (Å²) in [7, 11) is 0. The Kier molecular flexibility index (Phi) is 5.48. The molecule has 0 fully saturated rings. The van der Waals surface area contributed by atoms with E-state index in [1.807, 2.05) is 0 Å². The molecule has 0 aliphatic rings. The van der Waals surface area contributed by atoms with E-state index < -0.39 is 11.9 Å². The first kappa shape index (κ1) is 11.9. The van der Waals surface area contributed by atoms with E-state index in [1.54, 1.807) is 19.1 Å². The molecule has 0 aromatic carbocycles. The van der Waals surface area contributed by atoms with E-state index in [0.717, 1.165) is 4.90 Å². The fourth-order valence-electron chi connectivity index (χ4n) is 0.692. The van der Waals surface area contributed by atoms with Gasteiger partial charge in [0.2, 0.25) is 0 Å². The largest absolute Gasteiger partial charge is 0.459 e. The molecule has 0 saturated heterocycles. The first-order valence-electron chi connectivity index (χ1n) is 3.87. The first-order chi connectivity index (χ1) is 6.67. The van der Waals surface area contributed by atoms with Crippen molar-refractivity contribution in [2.45, 2.75) is 6.92 Å². The number of carbonyl (C=O) groups is 2. The summed E-state index contributed by atoms with van der Waals surface area (Å²) in [6.07, 6.45) is 0. The number of rotatable bonds is 3. The van der Waals surface area contributed by atoms with Crippen LogP contribution in [0.1, 0.15) is 6.92 Å². The van der Waals surface area contributed by atoms with Gasteiger partial charge in [0, 0.05) is 0 Å². The van der Waals surface area contributed by atoms with E-state index in [4.69, 9.17) is 10.5 Å². The third kappa shape index (κ3) is 3.55. The second-order valence-electron chi connectivity index (χ2n) is 2.20. The van der Waals surface area contributed by atoms with Crippen LogP contribution in [0.15, 0.2) is 0 Å². The third-order valence-electron chi connectivity index (χ3n) is 1.26. The Labute approximate surface area is 81.3 Å². The maximum Gasteiger partial charge on any atom is 0.397 e. The zero-order valence-corrected chi connectivity index (χ0v) is 7.69. The van der Waals surface area contributed by atoms with Crippen LogP contribution in [0.3, 0.4) is 0 Å². The highest BCUT2D eigenvalue weighted by Crippen LogP contribution is 1.91. The average Bonchev–Trinajstić information content (AvgIpc) is 2.17. The van der Waals surface area contributed by atoms with Gasteiger partial charge in [-0.05, 0) is 6.92 Å². The minimum atomic E-state index is -1.04. The minimum Gasteiger partial charge on any atom is -0.459 e. The van der Waals surface area contributed by atoms with Gasteiger partial charge in [0.15, 0.2) is 0 Å². The molecular weight excluding hydrogens is 186 g/mol. The van der Waals surface area contributed by atoms with Gasteiger partial charge in [-0.25, -0.2) is 4.79 Å². The summed E-state index contributed by atoms with van der Waals surface area (Å²) in [6, 6.07) is 3.35. The van der Waals surface area contributed by atoms with Crippen LogP contribution in [0, 0.1) is 22.7 Å². The number of nitriles is 2. The highest BCUT2D eigenvalue weighted by Gasteiger charge is 2.22. The van der Waals surface area contributed by atoms with Crippen molar-refractivity contribution in [3.63, 3.8) is 0 Å². The number of amides is 1. The number of carbonyl (C=O) groups excluding carboxylic acids is 2. The monoisotopic (exact) mass is 195 g/mol. The Morgan fingerprint density at radius 3 is 2.14 bits per heavy atom. The molecule has 74 valence electrons. The van der Waals surface area contributed by atoms with E-state index in [1.165, 1.54) is 0 Å². The van der Waals surface area contributed by atoms with Crippen molar-refractivity contribution in [1.29, 1.82) is 10.5 Å². The lowest BCUT2D eigenvalue weighted by molar-refractivity contribution is -0.159. The fraction of sp³-hybridized carbons (Fsp3) is 0.500. The highest BCUT2D eigenvalue weighted by atomic mass is 16.5. The van der Waals surface area contributed by atoms with Crippen LogP contribution in [0.4, 0.5) is 0 Å². The summed E-state index contributed by atoms with van der Waals surface area (Å²) in [5.41, 5.74) is 0. The SMILES string of the molecule is CCOC(=O)C(=O)N(CC#N)CC#N. The molecule has 14 heavy (non-hydrogen) atoms. The van der Waals surface area contributed by atoms with Crippen LogP contribution in [0.5, 0.6) is 0 Å². The van der Waals surface area contributed by atoms with Crippen molar-refractivity contribution in [3.05, 3.63) is 0 Å². The van der Waals surface area contributed by atoms with Crippen molar-refractivity contribution in [1.82, 2.24) is 4.90 Å². The predicted molar refractivity (Wildman–Crippen MR) is 44.4 cm³/mol. The van der Waals surface area contributed by atoms with E-state index in [0.29, 0.717) is 0 Å². The van der Waals surface area contributed by atoms with Gasteiger partial charge in [0.05, 0.1) is 18.7 Å². The van der Waals surface area contributed by atoms with Gasteiger partial charge in [-0.1, -0.05) is 0 Å². The summed E-state index contributed by atoms with van der Waals surface area (Å²) in [5, 5.41) is 16.6. The van der Waals surface area contributed by atoms with Gasteiger partial charge in [0.1, 0.15) is 13.1 Å². The third-order valence-corrected chi connectivity index (χ3v) is 1.26. The molecule has 0 atom stereocenters. The molecule has 6 nitrogen and oxygen atoms in total. The molecule has 0 radical (unpaired) electrons. The van der Waals surface area contributed by atoms with Gasteiger partial charge < -0.3 is 9.64 Å². The van der Waals surface area contributed by atoms with Gasteiger partial charge in [-0.2, -0.15) is 10.5 Å². The molecule has 0 heterocycles. The second kappa shape index (κ2) is 6.44. The molecule has 0 N–H and O–H groups in total. The van der Waals surface area contributed by atoms with Crippen LogP contribution in [-0.4, -0.2) is 36.5 Å². The van der Waals surface area contributed by atoms with Gasteiger partial charge in [-0.15, -0.1) is 0 Å². The summed E-state index contributed by atoms with van der Waals surface area (Å²) in [5.74, 6) is -2.01. The Bertz CT molecular complexity index is 284. The van der Waals surface area contributed by atoms with Crippen LogP contribution in [-0.2, 0) is 14.3 Å². The quantitative estimate of drug-likeness (QED) is 0.341. The molecule has 6 heteroatoms. The standard InChI is InChI=1S/C8H9N3O3/c1-2-14-8(13)7(12)11(5-3-9)6-4-10/h2,5-6H2,1H3. The Morgan fingerprint density at radius 1 is 1.29 bits per heavy atom. The Morgan fingerprint density at radius 2 is 1.79 bits per heavy atom. The molecule has 0 bridgehead atoms. The van der Waals surface area contributed by atoms with Crippen molar-refractivity contribution >= 4 is 11.9 Å². The molecule has 0 aliphatic heterocycles. The van der Waals surface area contributed by atoms with Crippen LogP contribution in [0.2, 0.25) is 0 Å². The molecule has 0 unspecified atom stereocenters. The van der Waals surface area contributed by atoms with Crippen LogP contribution >= 0.6 is 0 Å². The topological polar surface area (TPSA) is 94.2 Å². The zero-order chi connectivity index (χ0) is 11.0. The normalized spacial score (nSPS) is 8.21. The predicted octanol–water partition coefficient (Wildman–Crippen LogP) is -0.575. The van der Waals surface area contributed by atoms with Gasteiger partial charge in [0.25, 0.3) is 0 Å². The Balaban J connectivity index is 4.37. The van der Waals surface area contributed by atoms with Crippen molar-refractivity contribution in [3.8, 4) is 12.1 Å². The zero-order valence-electron chi connectivity index (χ0n) is 7.69. The number of hydrogen-bond donors (Lipinski definition) is 0. The maximum atomic E-state index is 11.2. The molecular formula is C8H9N3O3. The van der Waals surface area contributed by atoms with Crippen LogP contribution in [0.25, 0.3) is 0 Å². The molecule has 0 spiro atoms. The number of nitrogens with zero attached hydrogens (tertiary/aromatic N) is 3. The van der Waals surface area contributed by atoms with Crippen molar-refractivity contribution in [2.75, 3.05) is 19.7 Å². The smallest absolute Gasteiger partial charge is 0.397 e. The summed E-state index contributed by atoms with van der Waals surface area (Å²) >= 11 is 0. The molecule has 1 amide bonds. The number of esters is 1. The summed E-state index contributed by atoms with van der Waals surface area (Å²) in [6.45, 7) is 1.04. The van der Waals surface area contributed by atoms with Crippen molar-refractivity contribution < 1.29 is 14.3 Å². The molecule has 0 rings (SSSR count). The van der Waals surface area contributed by atoms with Crippen LogP contribution < -0.4 is 0 Å². The van der Waals surface area contributed by atoms with Crippen molar-refractivity contribution in [2.24, 2.45) is 0 Å². The summed E-state index contributed by atoms with van der Waals surface area (Å²) < 4.78 is 4.43. The molecule has 0 aromatic rings. The average molecular weight is 195 g/mol. The molecule has 0 saturated carbocycles.